The Labute approximate surface area is 153 Å². The number of nitrogens with zero attached hydrogens (tertiary/aromatic N) is 1. The zero-order chi connectivity index (χ0) is 16.5. The van der Waals surface area contributed by atoms with Crippen LogP contribution in [0, 0.1) is 0 Å². The van der Waals surface area contributed by atoms with E-state index in [0.29, 0.717) is 24.6 Å². The molecule has 0 aliphatic carbocycles. The summed E-state index contributed by atoms with van der Waals surface area (Å²) in [5, 5.41) is 0. The quantitative estimate of drug-likeness (QED) is 0.891. The molecule has 2 aromatic carbocycles. The maximum absolute atomic E-state index is 12.8. The third-order valence-corrected chi connectivity index (χ3v) is 4.69. The van der Waals surface area contributed by atoms with E-state index in [9.17, 15) is 4.79 Å². The zero-order valence-corrected chi connectivity index (χ0v) is 14.5. The van der Waals surface area contributed by atoms with Crippen molar-refractivity contribution in [1.29, 1.82) is 0 Å². The Morgan fingerprint density at radius 2 is 1.68 bits per heavy atom. The molecule has 132 valence electrons. The Hall–Kier alpha value is -2.24. The van der Waals surface area contributed by atoms with Crippen LogP contribution in [0.15, 0.2) is 54.6 Å². The maximum Gasteiger partial charge on any atom is 0.267 e. The van der Waals surface area contributed by atoms with Crippen molar-refractivity contribution in [2.75, 3.05) is 19.7 Å². The molecule has 5 nitrogen and oxygen atoms in total. The van der Waals surface area contributed by atoms with Crippen LogP contribution in [0.5, 0.6) is 11.5 Å². The van der Waals surface area contributed by atoms with Gasteiger partial charge in [0.05, 0.1) is 0 Å². The summed E-state index contributed by atoms with van der Waals surface area (Å²) in [6.07, 6.45) is -0.610. The molecule has 25 heavy (non-hydrogen) atoms. The van der Waals surface area contributed by atoms with E-state index in [-0.39, 0.29) is 36.9 Å². The third-order valence-electron chi connectivity index (χ3n) is 4.69. The molecule has 2 aliphatic rings. The first-order valence-electron chi connectivity index (χ1n) is 8.20. The normalized spacial score (nSPS) is 24.5. The predicted molar refractivity (Wildman–Crippen MR) is 97.3 cm³/mol. The number of halogens is 1. The van der Waals surface area contributed by atoms with Crippen molar-refractivity contribution in [3.8, 4) is 11.5 Å². The topological polar surface area (TPSA) is 64.8 Å². The molecule has 1 amide bonds. The van der Waals surface area contributed by atoms with Gasteiger partial charge in [-0.1, -0.05) is 42.5 Å². The number of hydrogen-bond donors (Lipinski definition) is 1. The van der Waals surface area contributed by atoms with Gasteiger partial charge in [0.1, 0.15) is 6.61 Å². The molecular formula is C19H21ClN2O3. The van der Waals surface area contributed by atoms with Crippen LogP contribution in [0.3, 0.4) is 0 Å². The standard InChI is InChI=1S/C19H20N2O3.ClH/c20-15-11-21(10-14(15)13-6-2-1-3-7-13)19(22)18-12-23-16-8-4-5-9-17(16)24-18;/h1-9,14-15,18H,10-12,20H2;1H/t14-,15+,18?;/m0./s1. The highest BCUT2D eigenvalue weighted by Gasteiger charge is 2.38. The highest BCUT2D eigenvalue weighted by atomic mass is 35.5. The molecule has 0 aromatic heterocycles. The number of carbonyl (C=O) groups excluding carboxylic acids is 1. The molecular weight excluding hydrogens is 340 g/mol. The van der Waals surface area contributed by atoms with Crippen molar-refractivity contribution >= 4 is 18.3 Å². The van der Waals surface area contributed by atoms with Gasteiger partial charge in [0.25, 0.3) is 5.91 Å². The van der Waals surface area contributed by atoms with Crippen molar-refractivity contribution in [3.63, 3.8) is 0 Å². The summed E-state index contributed by atoms with van der Waals surface area (Å²) in [7, 11) is 0. The molecule has 2 N–H and O–H groups in total. The fourth-order valence-electron chi connectivity index (χ4n) is 3.41. The number of rotatable bonds is 2. The summed E-state index contributed by atoms with van der Waals surface area (Å²) in [5.41, 5.74) is 7.45. The highest BCUT2D eigenvalue weighted by Crippen LogP contribution is 2.32. The lowest BCUT2D eigenvalue weighted by Crippen LogP contribution is -2.46. The lowest BCUT2D eigenvalue weighted by molar-refractivity contribution is -0.140. The molecule has 1 unspecified atom stereocenters. The van der Waals surface area contributed by atoms with Crippen LogP contribution < -0.4 is 15.2 Å². The second-order valence-corrected chi connectivity index (χ2v) is 6.29. The van der Waals surface area contributed by atoms with Crippen molar-refractivity contribution in [3.05, 3.63) is 60.2 Å². The fraction of sp³-hybridized carbons (Fsp3) is 0.316. The first-order valence-corrected chi connectivity index (χ1v) is 8.20. The average Bonchev–Trinajstić information content (AvgIpc) is 3.03. The largest absolute Gasteiger partial charge is 0.485 e. The number of benzene rings is 2. The Balaban J connectivity index is 0.00000182. The number of nitrogens with two attached hydrogens (primary N) is 1. The van der Waals surface area contributed by atoms with Crippen LogP contribution in [0.4, 0.5) is 0 Å². The molecule has 0 saturated carbocycles. The molecule has 0 spiro atoms. The van der Waals surface area contributed by atoms with Crippen LogP contribution in [0.25, 0.3) is 0 Å². The minimum Gasteiger partial charge on any atom is -0.485 e. The van der Waals surface area contributed by atoms with Gasteiger partial charge in [-0.25, -0.2) is 0 Å². The lowest BCUT2D eigenvalue weighted by Gasteiger charge is -2.28. The number of likely N-dealkylation sites (tertiary alicyclic amines) is 1. The van der Waals surface area contributed by atoms with Crippen LogP contribution in [0.1, 0.15) is 11.5 Å². The van der Waals surface area contributed by atoms with Crippen LogP contribution in [-0.4, -0.2) is 42.6 Å². The van der Waals surface area contributed by atoms with Gasteiger partial charge in [-0.3, -0.25) is 4.79 Å². The number of carbonyl (C=O) groups is 1. The zero-order valence-electron chi connectivity index (χ0n) is 13.7. The Morgan fingerprint density at radius 1 is 1.00 bits per heavy atom. The lowest BCUT2D eigenvalue weighted by atomic mass is 9.95. The van der Waals surface area contributed by atoms with Gasteiger partial charge >= 0.3 is 0 Å². The first-order chi connectivity index (χ1) is 11.7. The molecule has 3 atom stereocenters. The van der Waals surface area contributed by atoms with Crippen molar-refractivity contribution < 1.29 is 14.3 Å². The van der Waals surface area contributed by atoms with E-state index in [2.05, 4.69) is 12.1 Å². The van der Waals surface area contributed by atoms with Gasteiger partial charge in [-0.2, -0.15) is 0 Å². The van der Waals surface area contributed by atoms with Gasteiger partial charge in [0, 0.05) is 25.0 Å². The van der Waals surface area contributed by atoms with Gasteiger partial charge in [0.2, 0.25) is 6.10 Å². The van der Waals surface area contributed by atoms with E-state index in [1.165, 1.54) is 5.56 Å². The fourth-order valence-corrected chi connectivity index (χ4v) is 3.41. The summed E-state index contributed by atoms with van der Waals surface area (Å²) < 4.78 is 11.5. The molecule has 2 aromatic rings. The SMILES string of the molecule is Cl.N[C@@H]1CN(C(=O)C2COc3ccccc3O2)C[C@H]1c1ccccc1. The van der Waals surface area contributed by atoms with Crippen LogP contribution in [0.2, 0.25) is 0 Å². The minimum absolute atomic E-state index is 0. The molecule has 1 saturated heterocycles. The summed E-state index contributed by atoms with van der Waals surface area (Å²) in [6, 6.07) is 17.5. The Bertz CT molecular complexity index is 740. The van der Waals surface area contributed by atoms with E-state index in [1.807, 2.05) is 42.5 Å². The second kappa shape index (κ2) is 7.33. The molecule has 0 radical (unpaired) electrons. The van der Waals surface area contributed by atoms with E-state index in [4.69, 9.17) is 15.2 Å². The first kappa shape index (κ1) is 17.6. The molecule has 1 fully saturated rings. The molecule has 2 heterocycles. The van der Waals surface area contributed by atoms with Crippen LogP contribution >= 0.6 is 12.4 Å². The van der Waals surface area contributed by atoms with Crippen molar-refractivity contribution in [2.45, 2.75) is 18.1 Å². The Kier molecular flexibility index (Phi) is 5.16. The minimum atomic E-state index is -0.610. The van der Waals surface area contributed by atoms with Gasteiger partial charge < -0.3 is 20.1 Å². The van der Waals surface area contributed by atoms with Gasteiger partial charge in [-0.05, 0) is 17.7 Å². The van der Waals surface area contributed by atoms with E-state index < -0.39 is 6.10 Å². The molecule has 2 aliphatic heterocycles. The highest BCUT2D eigenvalue weighted by molar-refractivity contribution is 5.85. The third kappa shape index (κ3) is 3.43. The predicted octanol–water partition coefficient (Wildman–Crippen LogP) is 2.20. The Morgan fingerprint density at radius 3 is 2.44 bits per heavy atom. The second-order valence-electron chi connectivity index (χ2n) is 6.29. The van der Waals surface area contributed by atoms with Crippen molar-refractivity contribution in [2.24, 2.45) is 5.73 Å². The number of hydrogen-bond acceptors (Lipinski definition) is 4. The van der Waals surface area contributed by atoms with Crippen LogP contribution in [-0.2, 0) is 4.79 Å². The van der Waals surface area contributed by atoms with Crippen molar-refractivity contribution in [1.82, 2.24) is 4.90 Å². The number of fused-ring (bicyclic) bond motifs is 1. The van der Waals surface area contributed by atoms with Gasteiger partial charge in [0.15, 0.2) is 11.5 Å². The summed E-state index contributed by atoms with van der Waals surface area (Å²) in [5.74, 6) is 1.40. The monoisotopic (exact) mass is 360 g/mol. The van der Waals surface area contributed by atoms with E-state index in [0.717, 1.165) is 0 Å². The summed E-state index contributed by atoms with van der Waals surface area (Å²) >= 11 is 0. The maximum atomic E-state index is 12.8. The van der Waals surface area contributed by atoms with E-state index in [1.54, 1.807) is 4.90 Å². The molecule has 0 bridgehead atoms. The number of amides is 1. The molecule has 4 rings (SSSR count). The smallest absolute Gasteiger partial charge is 0.267 e. The van der Waals surface area contributed by atoms with E-state index >= 15 is 0 Å². The number of para-hydroxylation sites is 2. The molecule has 6 heteroatoms. The summed E-state index contributed by atoms with van der Waals surface area (Å²) in [4.78, 5) is 14.6. The average molecular weight is 361 g/mol. The van der Waals surface area contributed by atoms with Gasteiger partial charge in [-0.15, -0.1) is 12.4 Å². The summed E-state index contributed by atoms with van der Waals surface area (Å²) in [6.45, 7) is 1.39. The number of ether oxygens (including phenoxy) is 2.